The number of rotatable bonds is 12. The predicted molar refractivity (Wildman–Crippen MR) is 150 cm³/mol. The molecule has 0 spiro atoms. The molecule has 1 aliphatic rings. The summed E-state index contributed by atoms with van der Waals surface area (Å²) in [6.45, 7) is 2.51. The van der Waals surface area contributed by atoms with Crippen molar-refractivity contribution in [2.24, 2.45) is 11.8 Å². The lowest BCUT2D eigenvalue weighted by Crippen LogP contribution is -2.42. The zero-order valence-electron chi connectivity index (χ0n) is 21.5. The van der Waals surface area contributed by atoms with Crippen LogP contribution in [0.1, 0.15) is 43.8 Å². The Labute approximate surface area is 232 Å². The first-order valence-corrected chi connectivity index (χ1v) is 14.3. The molecule has 2 heterocycles. The van der Waals surface area contributed by atoms with Crippen molar-refractivity contribution in [1.82, 2.24) is 9.88 Å². The van der Waals surface area contributed by atoms with Crippen LogP contribution in [0.4, 0.5) is 4.39 Å². The Kier molecular flexibility index (Phi) is 10.2. The lowest BCUT2D eigenvalue weighted by Gasteiger charge is -2.38. The molecule has 6 nitrogen and oxygen atoms in total. The maximum absolute atomic E-state index is 13.5. The molecule has 0 amide bonds. The fourth-order valence-corrected chi connectivity index (χ4v) is 6.58. The van der Waals surface area contributed by atoms with Crippen LogP contribution in [-0.4, -0.2) is 58.6 Å². The number of halogens is 2. The normalized spacial score (nSPS) is 18.9. The highest BCUT2D eigenvalue weighted by molar-refractivity contribution is 7.99. The summed E-state index contributed by atoms with van der Waals surface area (Å²) in [5.41, 5.74) is 1.62. The Morgan fingerprint density at radius 3 is 2.87 bits per heavy atom. The molecule has 0 unspecified atom stereocenters. The SMILES string of the molecule is COc1ccc2nccc([C@H](O)CC[C@@H]3CCN(CCCSc4cc(F)cc(Cl)c4)C[C@@H]3CC(=O)O)c2c1. The highest BCUT2D eigenvalue weighted by Crippen LogP contribution is 2.35. The third-order valence-corrected chi connectivity index (χ3v) is 8.57. The van der Waals surface area contributed by atoms with Gasteiger partial charge in [-0.3, -0.25) is 9.78 Å². The van der Waals surface area contributed by atoms with Crippen molar-refractivity contribution in [2.45, 2.75) is 43.1 Å². The number of aliphatic carboxylic acids is 1. The standard InChI is InChI=1S/C29H34ClFN2O4S/c1-37-23-4-5-27-26(17-23)25(7-9-32-27)28(34)6-3-19-8-11-33(18-20(19)13-29(35)36)10-2-12-38-24-15-21(30)14-22(31)16-24/h4-5,7,9,14-17,19-20,28,34H,2-3,6,8,10-13,18H2,1H3,(H,35,36)/t19-,20+,28-/m1/s1. The summed E-state index contributed by atoms with van der Waals surface area (Å²) in [6, 6.07) is 12.0. The van der Waals surface area contributed by atoms with E-state index in [0.29, 0.717) is 17.2 Å². The summed E-state index contributed by atoms with van der Waals surface area (Å²) in [6.07, 6.45) is 4.32. The molecule has 0 aliphatic carbocycles. The van der Waals surface area contributed by atoms with Crippen molar-refractivity contribution >= 4 is 40.2 Å². The van der Waals surface area contributed by atoms with Crippen LogP contribution in [0.15, 0.2) is 53.6 Å². The number of piperidine rings is 1. The Morgan fingerprint density at radius 2 is 2.11 bits per heavy atom. The molecule has 3 aromatic rings. The first kappa shape index (κ1) is 28.6. The molecule has 4 rings (SSSR count). The number of aliphatic hydroxyl groups excluding tert-OH is 1. The summed E-state index contributed by atoms with van der Waals surface area (Å²) in [7, 11) is 1.61. The number of hydrogen-bond acceptors (Lipinski definition) is 6. The van der Waals surface area contributed by atoms with Crippen molar-refractivity contribution in [3.8, 4) is 5.75 Å². The van der Waals surface area contributed by atoms with Crippen LogP contribution in [0.5, 0.6) is 5.75 Å². The summed E-state index contributed by atoms with van der Waals surface area (Å²) >= 11 is 7.52. The first-order valence-electron chi connectivity index (χ1n) is 13.0. The van der Waals surface area contributed by atoms with Gasteiger partial charge in [-0.25, -0.2) is 4.39 Å². The van der Waals surface area contributed by atoms with Gasteiger partial charge in [0.2, 0.25) is 0 Å². The first-order chi connectivity index (χ1) is 18.3. The maximum atomic E-state index is 13.5. The fraction of sp³-hybridized carbons (Fsp3) is 0.448. The minimum Gasteiger partial charge on any atom is -0.497 e. The van der Waals surface area contributed by atoms with Crippen LogP contribution in [0.25, 0.3) is 10.9 Å². The van der Waals surface area contributed by atoms with E-state index in [1.165, 1.54) is 12.1 Å². The van der Waals surface area contributed by atoms with Crippen LogP contribution < -0.4 is 4.74 Å². The van der Waals surface area contributed by atoms with Crippen molar-refractivity contribution in [2.75, 3.05) is 32.5 Å². The van der Waals surface area contributed by atoms with E-state index >= 15 is 0 Å². The highest BCUT2D eigenvalue weighted by Gasteiger charge is 2.31. The smallest absolute Gasteiger partial charge is 0.303 e. The molecule has 1 fully saturated rings. The average Bonchev–Trinajstić information content (AvgIpc) is 2.89. The average molecular weight is 561 g/mol. The molecule has 1 saturated heterocycles. The molecular formula is C29H34ClFN2O4S. The van der Waals surface area contributed by atoms with Gasteiger partial charge >= 0.3 is 5.97 Å². The van der Waals surface area contributed by atoms with Crippen molar-refractivity contribution in [3.05, 3.63) is 65.1 Å². The Hall–Kier alpha value is -2.39. The maximum Gasteiger partial charge on any atom is 0.303 e. The molecule has 0 radical (unpaired) electrons. The van der Waals surface area contributed by atoms with Gasteiger partial charge in [0.05, 0.1) is 18.7 Å². The molecule has 1 aliphatic heterocycles. The van der Waals surface area contributed by atoms with E-state index in [0.717, 1.165) is 66.0 Å². The largest absolute Gasteiger partial charge is 0.497 e. The number of benzene rings is 2. The van der Waals surface area contributed by atoms with E-state index in [4.69, 9.17) is 16.3 Å². The molecule has 0 bridgehead atoms. The molecule has 38 heavy (non-hydrogen) atoms. The summed E-state index contributed by atoms with van der Waals surface area (Å²) in [5, 5.41) is 21.9. The van der Waals surface area contributed by atoms with Crippen molar-refractivity contribution in [3.63, 3.8) is 0 Å². The van der Waals surface area contributed by atoms with Gasteiger partial charge in [-0.05, 0) is 104 Å². The van der Waals surface area contributed by atoms with E-state index in [1.807, 2.05) is 24.3 Å². The van der Waals surface area contributed by atoms with Gasteiger partial charge in [-0.15, -0.1) is 11.8 Å². The van der Waals surface area contributed by atoms with Gasteiger partial charge in [0.15, 0.2) is 0 Å². The van der Waals surface area contributed by atoms with E-state index in [2.05, 4.69) is 9.88 Å². The zero-order chi connectivity index (χ0) is 27.1. The summed E-state index contributed by atoms with van der Waals surface area (Å²) in [4.78, 5) is 19.2. The number of pyridine rings is 1. The van der Waals surface area contributed by atoms with Gasteiger partial charge in [0.25, 0.3) is 0 Å². The monoisotopic (exact) mass is 560 g/mol. The lowest BCUT2D eigenvalue weighted by atomic mass is 9.79. The number of thioether (sulfide) groups is 1. The van der Waals surface area contributed by atoms with Crippen molar-refractivity contribution in [1.29, 1.82) is 0 Å². The third kappa shape index (κ3) is 7.82. The molecule has 9 heteroatoms. The predicted octanol–water partition coefficient (Wildman–Crippen LogP) is 6.44. The number of likely N-dealkylation sites (tertiary alicyclic amines) is 1. The minimum absolute atomic E-state index is 0.0393. The van der Waals surface area contributed by atoms with Gasteiger partial charge in [0, 0.05) is 34.5 Å². The van der Waals surface area contributed by atoms with Crippen LogP contribution in [-0.2, 0) is 4.79 Å². The zero-order valence-corrected chi connectivity index (χ0v) is 23.1. The summed E-state index contributed by atoms with van der Waals surface area (Å²) in [5.74, 6) is 0.709. The van der Waals surface area contributed by atoms with E-state index in [-0.39, 0.29) is 24.1 Å². The quantitative estimate of drug-likeness (QED) is 0.195. The molecule has 2 N–H and O–H groups in total. The number of nitrogens with zero attached hydrogens (tertiary/aromatic N) is 2. The number of hydrogen-bond donors (Lipinski definition) is 2. The second kappa shape index (κ2) is 13.6. The Morgan fingerprint density at radius 1 is 1.26 bits per heavy atom. The molecule has 3 atom stereocenters. The topological polar surface area (TPSA) is 82.9 Å². The van der Waals surface area contributed by atoms with Crippen LogP contribution >= 0.6 is 23.4 Å². The van der Waals surface area contributed by atoms with Gasteiger partial charge in [-0.1, -0.05) is 11.6 Å². The number of aromatic nitrogens is 1. The van der Waals surface area contributed by atoms with E-state index in [9.17, 15) is 19.4 Å². The number of carboxylic acids is 1. The highest BCUT2D eigenvalue weighted by atomic mass is 35.5. The Balaban J connectivity index is 1.31. The van der Waals surface area contributed by atoms with Crippen LogP contribution in [0.2, 0.25) is 5.02 Å². The fourth-order valence-electron chi connectivity index (χ4n) is 5.38. The molecule has 2 aromatic carbocycles. The van der Waals surface area contributed by atoms with E-state index < -0.39 is 12.1 Å². The van der Waals surface area contributed by atoms with Gasteiger partial charge in [-0.2, -0.15) is 0 Å². The number of methoxy groups -OCH3 is 1. The molecular weight excluding hydrogens is 527 g/mol. The molecule has 0 saturated carbocycles. The van der Waals surface area contributed by atoms with Gasteiger partial charge in [0.1, 0.15) is 11.6 Å². The lowest BCUT2D eigenvalue weighted by molar-refractivity contribution is -0.139. The van der Waals surface area contributed by atoms with Crippen LogP contribution in [0, 0.1) is 17.7 Å². The number of ether oxygens (including phenoxy) is 1. The third-order valence-electron chi connectivity index (χ3n) is 7.29. The van der Waals surface area contributed by atoms with E-state index in [1.54, 1.807) is 31.1 Å². The van der Waals surface area contributed by atoms with Gasteiger partial charge < -0.3 is 19.8 Å². The minimum atomic E-state index is -0.784. The molecule has 1 aromatic heterocycles. The second-order valence-electron chi connectivity index (χ2n) is 9.89. The Bertz CT molecular complexity index is 1230. The number of carbonyl (C=O) groups is 1. The summed E-state index contributed by atoms with van der Waals surface area (Å²) < 4.78 is 18.9. The van der Waals surface area contributed by atoms with Crippen LogP contribution in [0.3, 0.4) is 0 Å². The van der Waals surface area contributed by atoms with Crippen molar-refractivity contribution < 1.29 is 24.1 Å². The molecule has 204 valence electrons. The number of carboxylic acid groups (broad SMARTS) is 1. The second-order valence-corrected chi connectivity index (χ2v) is 11.5. The number of aliphatic hydroxyl groups is 1. The number of fused-ring (bicyclic) bond motifs is 1.